The third kappa shape index (κ3) is 5.81. The van der Waals surface area contributed by atoms with E-state index >= 15 is 0 Å². The summed E-state index contributed by atoms with van der Waals surface area (Å²) in [5.74, 6) is 0. The number of rotatable bonds is 2. The van der Waals surface area contributed by atoms with E-state index < -0.39 is 0 Å². The van der Waals surface area contributed by atoms with Crippen LogP contribution in [0, 0.1) is 0 Å². The Labute approximate surface area is 88.7 Å². The molecule has 0 bridgehead atoms. The zero-order chi connectivity index (χ0) is 10.8. The quantitative estimate of drug-likeness (QED) is 0.682. The van der Waals surface area contributed by atoms with Crippen LogP contribution in [0.1, 0.15) is 27.2 Å². The van der Waals surface area contributed by atoms with E-state index in [4.69, 9.17) is 0 Å². The van der Waals surface area contributed by atoms with Crippen molar-refractivity contribution in [3.63, 3.8) is 0 Å². The summed E-state index contributed by atoms with van der Waals surface area (Å²) in [6.07, 6.45) is 5.16. The molecule has 0 aromatic rings. The van der Waals surface area contributed by atoms with E-state index in [9.17, 15) is 0 Å². The maximum atomic E-state index is 3.68. The predicted molar refractivity (Wildman–Crippen MR) is 64.4 cm³/mol. The van der Waals surface area contributed by atoms with E-state index in [0.29, 0.717) is 0 Å². The second-order valence-corrected chi connectivity index (χ2v) is 3.49. The second kappa shape index (κ2) is 8.82. The van der Waals surface area contributed by atoms with Crippen LogP contribution in [-0.4, -0.2) is 31.1 Å². The van der Waals surface area contributed by atoms with Crippen LogP contribution in [-0.2, 0) is 0 Å². The molecule has 0 aromatic carbocycles. The molecule has 1 aliphatic rings. The standard InChI is InChI=1S/C9H16N2.C3H8/c1-3-4-9(2)11-7-5-10-6-8-11;1-3-2/h3-4,10H,1,5-8H2,2H3;3H2,1-2H3/b9-4+;. The summed E-state index contributed by atoms with van der Waals surface area (Å²) >= 11 is 0. The van der Waals surface area contributed by atoms with Crippen LogP contribution < -0.4 is 5.32 Å². The SMILES string of the molecule is C=C/C=C(\C)N1CCNCC1.CCC. The summed E-state index contributed by atoms with van der Waals surface area (Å²) in [6, 6.07) is 0. The van der Waals surface area contributed by atoms with Gasteiger partial charge in [-0.15, -0.1) is 0 Å². The van der Waals surface area contributed by atoms with Crippen molar-refractivity contribution in [3.05, 3.63) is 24.4 Å². The lowest BCUT2D eigenvalue weighted by Gasteiger charge is -2.29. The minimum atomic E-state index is 1.10. The summed E-state index contributed by atoms with van der Waals surface area (Å²) in [7, 11) is 0. The molecule has 2 nitrogen and oxygen atoms in total. The fraction of sp³-hybridized carbons (Fsp3) is 0.667. The molecule has 0 atom stereocenters. The highest BCUT2D eigenvalue weighted by Gasteiger charge is 2.07. The molecular formula is C12H24N2. The first-order valence-corrected chi connectivity index (χ1v) is 5.51. The van der Waals surface area contributed by atoms with Crippen LogP contribution in [0.3, 0.4) is 0 Å². The van der Waals surface area contributed by atoms with E-state index in [1.165, 1.54) is 12.1 Å². The van der Waals surface area contributed by atoms with Crippen molar-refractivity contribution in [2.75, 3.05) is 26.2 Å². The minimum absolute atomic E-state index is 1.10. The Bertz CT molecular complexity index is 167. The fourth-order valence-electron chi connectivity index (χ4n) is 1.29. The van der Waals surface area contributed by atoms with E-state index in [2.05, 4.69) is 43.6 Å². The number of nitrogens with one attached hydrogen (secondary N) is 1. The summed E-state index contributed by atoms with van der Waals surface area (Å²) in [5, 5.41) is 3.32. The molecule has 2 heteroatoms. The summed E-state index contributed by atoms with van der Waals surface area (Å²) in [6.45, 7) is 14.5. The first-order chi connectivity index (χ1) is 6.76. The van der Waals surface area contributed by atoms with Crippen LogP contribution >= 0.6 is 0 Å². The van der Waals surface area contributed by atoms with E-state index in [1.807, 2.05) is 6.08 Å². The molecule has 1 rings (SSSR count). The fourth-order valence-corrected chi connectivity index (χ4v) is 1.29. The van der Waals surface area contributed by atoms with Gasteiger partial charge in [0, 0.05) is 31.9 Å². The Kier molecular flexibility index (Phi) is 8.34. The molecule has 0 spiro atoms. The Morgan fingerprint density at radius 2 is 1.86 bits per heavy atom. The molecule has 0 aromatic heterocycles. The first kappa shape index (κ1) is 13.2. The van der Waals surface area contributed by atoms with Gasteiger partial charge in [0.2, 0.25) is 0 Å². The van der Waals surface area contributed by atoms with Gasteiger partial charge in [0.1, 0.15) is 0 Å². The second-order valence-electron chi connectivity index (χ2n) is 3.49. The molecule has 1 fully saturated rings. The van der Waals surface area contributed by atoms with Crippen LogP contribution in [0.5, 0.6) is 0 Å². The molecule has 0 amide bonds. The van der Waals surface area contributed by atoms with Gasteiger partial charge >= 0.3 is 0 Å². The van der Waals surface area contributed by atoms with E-state index in [0.717, 1.165) is 26.2 Å². The van der Waals surface area contributed by atoms with Gasteiger partial charge in [-0.2, -0.15) is 0 Å². The van der Waals surface area contributed by atoms with Gasteiger partial charge in [-0.25, -0.2) is 0 Å². The van der Waals surface area contributed by atoms with Gasteiger partial charge in [0.05, 0.1) is 0 Å². The van der Waals surface area contributed by atoms with Crippen molar-refractivity contribution < 1.29 is 0 Å². The number of piperazine rings is 1. The molecule has 1 heterocycles. The van der Waals surface area contributed by atoms with Crippen LogP contribution in [0.4, 0.5) is 0 Å². The third-order valence-electron chi connectivity index (χ3n) is 1.97. The van der Waals surface area contributed by atoms with Gasteiger partial charge < -0.3 is 10.2 Å². The molecule has 0 saturated carbocycles. The highest BCUT2D eigenvalue weighted by Crippen LogP contribution is 2.03. The first-order valence-electron chi connectivity index (χ1n) is 5.51. The van der Waals surface area contributed by atoms with Crippen LogP contribution in [0.15, 0.2) is 24.4 Å². The molecule has 14 heavy (non-hydrogen) atoms. The molecular weight excluding hydrogens is 172 g/mol. The van der Waals surface area contributed by atoms with Crippen molar-refractivity contribution >= 4 is 0 Å². The Balaban J connectivity index is 0.000000500. The number of hydrogen-bond acceptors (Lipinski definition) is 2. The molecule has 0 unspecified atom stereocenters. The maximum Gasteiger partial charge on any atom is 0.0300 e. The lowest BCUT2D eigenvalue weighted by atomic mass is 10.3. The number of allylic oxidation sites excluding steroid dienone is 3. The van der Waals surface area contributed by atoms with Gasteiger partial charge in [-0.05, 0) is 13.0 Å². The molecule has 0 aliphatic carbocycles. The zero-order valence-corrected chi connectivity index (χ0v) is 9.84. The predicted octanol–water partition coefficient (Wildman–Crippen LogP) is 2.40. The Morgan fingerprint density at radius 1 is 1.36 bits per heavy atom. The van der Waals surface area contributed by atoms with Crippen LogP contribution in [0.25, 0.3) is 0 Å². The van der Waals surface area contributed by atoms with E-state index in [-0.39, 0.29) is 0 Å². The highest BCUT2D eigenvalue weighted by atomic mass is 15.2. The maximum absolute atomic E-state index is 3.68. The minimum Gasteiger partial charge on any atom is -0.372 e. The monoisotopic (exact) mass is 196 g/mol. The average Bonchev–Trinajstić information content (AvgIpc) is 2.21. The topological polar surface area (TPSA) is 15.3 Å². The van der Waals surface area contributed by atoms with Crippen molar-refractivity contribution in [1.29, 1.82) is 0 Å². The van der Waals surface area contributed by atoms with Crippen molar-refractivity contribution in [2.45, 2.75) is 27.2 Å². The van der Waals surface area contributed by atoms with E-state index in [1.54, 1.807) is 0 Å². The normalized spacial score (nSPS) is 17.1. The van der Waals surface area contributed by atoms with Gasteiger partial charge in [0.25, 0.3) is 0 Å². The van der Waals surface area contributed by atoms with Gasteiger partial charge in [0.15, 0.2) is 0 Å². The lowest BCUT2D eigenvalue weighted by Crippen LogP contribution is -2.42. The Morgan fingerprint density at radius 3 is 2.29 bits per heavy atom. The number of hydrogen-bond donors (Lipinski definition) is 1. The summed E-state index contributed by atoms with van der Waals surface area (Å²) in [4.78, 5) is 2.37. The van der Waals surface area contributed by atoms with Gasteiger partial charge in [-0.1, -0.05) is 32.9 Å². The molecule has 82 valence electrons. The smallest absolute Gasteiger partial charge is 0.0300 e. The lowest BCUT2D eigenvalue weighted by molar-refractivity contribution is 0.300. The molecule has 1 aliphatic heterocycles. The average molecular weight is 196 g/mol. The van der Waals surface area contributed by atoms with Crippen molar-refractivity contribution in [1.82, 2.24) is 10.2 Å². The van der Waals surface area contributed by atoms with Gasteiger partial charge in [-0.3, -0.25) is 0 Å². The Hall–Kier alpha value is -0.760. The summed E-state index contributed by atoms with van der Waals surface area (Å²) in [5.41, 5.74) is 1.32. The van der Waals surface area contributed by atoms with Crippen LogP contribution in [0.2, 0.25) is 0 Å². The van der Waals surface area contributed by atoms with Crippen molar-refractivity contribution in [3.8, 4) is 0 Å². The number of nitrogens with zero attached hydrogens (tertiary/aromatic N) is 1. The highest BCUT2D eigenvalue weighted by molar-refractivity contribution is 5.07. The molecule has 1 N–H and O–H groups in total. The third-order valence-corrected chi connectivity index (χ3v) is 1.97. The molecule has 1 saturated heterocycles. The zero-order valence-electron chi connectivity index (χ0n) is 9.84. The van der Waals surface area contributed by atoms with Crippen molar-refractivity contribution in [2.24, 2.45) is 0 Å². The largest absolute Gasteiger partial charge is 0.372 e. The summed E-state index contributed by atoms with van der Waals surface area (Å²) < 4.78 is 0. The molecule has 0 radical (unpaired) electrons.